The van der Waals surface area contributed by atoms with Crippen molar-refractivity contribution in [3.05, 3.63) is 33.9 Å². The predicted octanol–water partition coefficient (Wildman–Crippen LogP) is 3.85. The summed E-state index contributed by atoms with van der Waals surface area (Å²) in [5, 5.41) is 3.60. The maximum atomic E-state index is 12.7. The second kappa shape index (κ2) is 7.01. The monoisotopic (exact) mass is 394 g/mol. The zero-order chi connectivity index (χ0) is 16.4. The number of methoxy groups -OCH3 is 1. The van der Waals surface area contributed by atoms with Gasteiger partial charge in [0.1, 0.15) is 11.4 Å². The van der Waals surface area contributed by atoms with Crippen LogP contribution >= 0.6 is 28.1 Å². The van der Waals surface area contributed by atoms with Crippen LogP contribution in [0.3, 0.4) is 0 Å². The highest BCUT2D eigenvalue weighted by molar-refractivity contribution is 9.10. The second-order valence-corrected chi connectivity index (χ2v) is 7.09. The molecule has 2 aliphatic rings. The van der Waals surface area contributed by atoms with Crippen molar-refractivity contribution in [2.24, 2.45) is 0 Å². The van der Waals surface area contributed by atoms with Crippen LogP contribution in [0.25, 0.3) is 6.08 Å². The molecule has 1 heterocycles. The van der Waals surface area contributed by atoms with Gasteiger partial charge in [0.15, 0.2) is 5.11 Å². The first kappa shape index (κ1) is 16.5. The lowest BCUT2D eigenvalue weighted by Gasteiger charge is -2.29. The van der Waals surface area contributed by atoms with E-state index in [1.165, 1.54) is 19.3 Å². The van der Waals surface area contributed by atoms with Crippen molar-refractivity contribution in [2.45, 2.75) is 38.1 Å². The van der Waals surface area contributed by atoms with Crippen molar-refractivity contribution in [2.75, 3.05) is 7.11 Å². The largest absolute Gasteiger partial charge is 0.496 e. The van der Waals surface area contributed by atoms with E-state index in [1.807, 2.05) is 24.3 Å². The lowest BCUT2D eigenvalue weighted by Crippen LogP contribution is -2.41. The molecule has 0 spiro atoms. The number of nitrogens with one attached hydrogen (secondary N) is 1. The molecule has 3 rings (SSSR count). The van der Waals surface area contributed by atoms with Gasteiger partial charge >= 0.3 is 0 Å². The molecule has 6 heteroatoms. The molecular weight excluding hydrogens is 376 g/mol. The van der Waals surface area contributed by atoms with Gasteiger partial charge < -0.3 is 10.1 Å². The number of nitrogens with zero attached hydrogens (tertiary/aromatic N) is 1. The minimum absolute atomic E-state index is 0.0196. The van der Waals surface area contributed by atoms with E-state index in [1.54, 1.807) is 12.0 Å². The lowest BCUT2D eigenvalue weighted by atomic mass is 9.94. The number of benzene rings is 1. The standard InChI is InChI=1S/C17H19BrN2O2S/c1-22-15-8-7-11(9-13(15)18)10-14-16(21)20(17(23)19-14)12-5-3-2-4-6-12/h7-10,12H,2-6H2,1H3,(H,19,23). The Hall–Kier alpha value is -1.40. The van der Waals surface area contributed by atoms with Crippen LogP contribution in [0, 0.1) is 0 Å². The van der Waals surface area contributed by atoms with E-state index in [4.69, 9.17) is 17.0 Å². The molecule has 0 aromatic heterocycles. The first-order valence-electron chi connectivity index (χ1n) is 7.80. The summed E-state index contributed by atoms with van der Waals surface area (Å²) < 4.78 is 6.08. The fourth-order valence-electron chi connectivity index (χ4n) is 3.16. The maximum absolute atomic E-state index is 12.7. The van der Waals surface area contributed by atoms with Gasteiger partial charge in [0, 0.05) is 6.04 Å². The molecule has 1 aliphatic carbocycles. The third-order valence-electron chi connectivity index (χ3n) is 4.34. The zero-order valence-corrected chi connectivity index (χ0v) is 15.4. The third-order valence-corrected chi connectivity index (χ3v) is 5.25. The van der Waals surface area contributed by atoms with E-state index in [9.17, 15) is 4.79 Å². The normalized spacial score (nSPS) is 21.0. The number of hydrogen-bond acceptors (Lipinski definition) is 3. The van der Waals surface area contributed by atoms with Crippen molar-refractivity contribution in [1.29, 1.82) is 0 Å². The Morgan fingerprint density at radius 2 is 2.09 bits per heavy atom. The summed E-state index contributed by atoms with van der Waals surface area (Å²) in [6.45, 7) is 0. The lowest BCUT2D eigenvalue weighted by molar-refractivity contribution is -0.124. The molecular formula is C17H19BrN2O2S. The number of halogens is 1. The quantitative estimate of drug-likeness (QED) is 0.624. The number of hydrogen-bond donors (Lipinski definition) is 1. The highest BCUT2D eigenvalue weighted by Crippen LogP contribution is 2.29. The highest BCUT2D eigenvalue weighted by Gasteiger charge is 2.36. The first-order valence-corrected chi connectivity index (χ1v) is 9.00. The van der Waals surface area contributed by atoms with Gasteiger partial charge in [-0.1, -0.05) is 25.3 Å². The number of thiocarbonyl (C=S) groups is 1. The van der Waals surface area contributed by atoms with Crippen molar-refractivity contribution < 1.29 is 9.53 Å². The van der Waals surface area contributed by atoms with Gasteiger partial charge in [0.2, 0.25) is 0 Å². The van der Waals surface area contributed by atoms with Crippen LogP contribution in [-0.4, -0.2) is 29.1 Å². The summed E-state index contributed by atoms with van der Waals surface area (Å²) in [5.74, 6) is 0.742. The van der Waals surface area contributed by atoms with Crippen LogP contribution in [0.2, 0.25) is 0 Å². The number of carbonyl (C=O) groups excluding carboxylic acids is 1. The average Bonchev–Trinajstić information content (AvgIpc) is 2.82. The molecule has 4 nitrogen and oxygen atoms in total. The Kier molecular flexibility index (Phi) is 5.02. The average molecular weight is 395 g/mol. The van der Waals surface area contributed by atoms with E-state index in [2.05, 4.69) is 21.2 Å². The van der Waals surface area contributed by atoms with Gasteiger partial charge in [-0.15, -0.1) is 0 Å². The van der Waals surface area contributed by atoms with E-state index in [0.717, 1.165) is 28.6 Å². The Balaban J connectivity index is 1.82. The molecule has 1 amide bonds. The number of amides is 1. The molecule has 0 unspecified atom stereocenters. The van der Waals surface area contributed by atoms with Gasteiger partial charge in [0.25, 0.3) is 5.91 Å². The molecule has 1 aliphatic heterocycles. The third kappa shape index (κ3) is 3.43. The second-order valence-electron chi connectivity index (χ2n) is 5.85. The van der Waals surface area contributed by atoms with E-state index in [0.29, 0.717) is 10.8 Å². The minimum Gasteiger partial charge on any atom is -0.496 e. The van der Waals surface area contributed by atoms with E-state index >= 15 is 0 Å². The Labute approximate surface area is 150 Å². The Morgan fingerprint density at radius 1 is 1.35 bits per heavy atom. The smallest absolute Gasteiger partial charge is 0.276 e. The molecule has 122 valence electrons. The van der Waals surface area contributed by atoms with Gasteiger partial charge in [0.05, 0.1) is 11.6 Å². The van der Waals surface area contributed by atoms with Gasteiger partial charge in [-0.3, -0.25) is 9.69 Å². The summed E-state index contributed by atoms with van der Waals surface area (Å²) in [5.41, 5.74) is 1.46. The molecule has 0 radical (unpaired) electrons. The molecule has 23 heavy (non-hydrogen) atoms. The summed E-state index contributed by atoms with van der Waals surface area (Å²) in [7, 11) is 1.63. The molecule has 2 fully saturated rings. The van der Waals surface area contributed by atoms with E-state index < -0.39 is 0 Å². The SMILES string of the molecule is COc1ccc(C=C2NC(=S)N(C3CCCCC3)C2=O)cc1Br. The summed E-state index contributed by atoms with van der Waals surface area (Å²) in [4.78, 5) is 14.5. The van der Waals surface area contributed by atoms with Gasteiger partial charge in [-0.25, -0.2) is 0 Å². The van der Waals surface area contributed by atoms with Crippen LogP contribution in [0.1, 0.15) is 37.7 Å². The van der Waals surface area contributed by atoms with Gasteiger partial charge in [-0.05, 0) is 64.8 Å². The predicted molar refractivity (Wildman–Crippen MR) is 98.1 cm³/mol. The fraction of sp³-hybridized carbons (Fsp3) is 0.412. The number of carbonyl (C=O) groups is 1. The molecule has 1 saturated heterocycles. The summed E-state index contributed by atoms with van der Waals surface area (Å²) in [6.07, 6.45) is 7.50. The number of rotatable bonds is 3. The molecule has 1 aromatic rings. The minimum atomic E-state index is -0.0196. The molecule has 1 N–H and O–H groups in total. The van der Waals surface area contributed by atoms with Crippen LogP contribution in [0.15, 0.2) is 28.4 Å². The van der Waals surface area contributed by atoms with Crippen molar-refractivity contribution >= 4 is 45.2 Å². The van der Waals surface area contributed by atoms with E-state index in [-0.39, 0.29) is 11.9 Å². The van der Waals surface area contributed by atoms with Crippen LogP contribution < -0.4 is 10.1 Å². The summed E-state index contributed by atoms with van der Waals surface area (Å²) >= 11 is 8.84. The molecule has 1 saturated carbocycles. The highest BCUT2D eigenvalue weighted by atomic mass is 79.9. The molecule has 0 bridgehead atoms. The zero-order valence-electron chi connectivity index (χ0n) is 13.0. The maximum Gasteiger partial charge on any atom is 0.276 e. The van der Waals surface area contributed by atoms with Gasteiger partial charge in [-0.2, -0.15) is 0 Å². The molecule has 0 atom stereocenters. The van der Waals surface area contributed by atoms with Crippen LogP contribution in [0.5, 0.6) is 5.75 Å². The Bertz CT molecular complexity index is 669. The first-order chi connectivity index (χ1) is 11.1. The fourth-order valence-corrected chi connectivity index (χ4v) is 4.06. The van der Waals surface area contributed by atoms with Crippen molar-refractivity contribution in [3.8, 4) is 5.75 Å². The van der Waals surface area contributed by atoms with Crippen LogP contribution in [0.4, 0.5) is 0 Å². The molecule has 1 aromatic carbocycles. The Morgan fingerprint density at radius 3 is 2.74 bits per heavy atom. The number of ether oxygens (including phenoxy) is 1. The van der Waals surface area contributed by atoms with Crippen molar-refractivity contribution in [3.63, 3.8) is 0 Å². The van der Waals surface area contributed by atoms with Crippen molar-refractivity contribution in [1.82, 2.24) is 10.2 Å². The summed E-state index contributed by atoms with van der Waals surface area (Å²) in [6, 6.07) is 5.95. The van der Waals surface area contributed by atoms with Crippen LogP contribution in [-0.2, 0) is 4.79 Å². The topological polar surface area (TPSA) is 41.6 Å².